The van der Waals surface area contributed by atoms with Crippen LogP contribution in [0, 0.1) is 16.2 Å². The molecule has 1 N–H and O–H groups in total. The quantitative estimate of drug-likeness (QED) is 0.614. The Morgan fingerprint density at radius 1 is 1.40 bits per heavy atom. The van der Waals surface area contributed by atoms with Gasteiger partial charge in [0, 0.05) is 25.7 Å². The summed E-state index contributed by atoms with van der Waals surface area (Å²) in [5, 5.41) is 3.00. The first-order chi connectivity index (χ1) is 9.25. The van der Waals surface area contributed by atoms with E-state index in [0.29, 0.717) is 13.2 Å². The Labute approximate surface area is 129 Å². The Bertz CT molecular complexity index is 437. The molecule has 0 aliphatic heterocycles. The number of hydrogen-bond acceptors (Lipinski definition) is 3. The Balaban J connectivity index is 2.21. The molecular weight excluding hydrogens is 322 g/mol. The fourth-order valence-corrected chi connectivity index (χ4v) is 5.55. The van der Waals surface area contributed by atoms with Crippen LogP contribution in [0.2, 0.25) is 0 Å². The summed E-state index contributed by atoms with van der Waals surface area (Å²) >= 11 is 3.52. The van der Waals surface area contributed by atoms with Crippen molar-refractivity contribution in [3.63, 3.8) is 0 Å². The summed E-state index contributed by atoms with van der Waals surface area (Å²) in [4.78, 5) is 24.9. The number of Topliss-reactive ketones (excluding diaryl/α,β-unsaturated/α-hetero) is 1. The number of fused-ring (bicyclic) bond motifs is 2. The molecule has 114 valence electrons. The molecule has 4 nitrogen and oxygen atoms in total. The average Bonchev–Trinajstić information content (AvgIpc) is 2.67. The fourth-order valence-electron chi connectivity index (χ4n) is 4.03. The first kappa shape index (κ1) is 16.0. The van der Waals surface area contributed by atoms with Crippen LogP contribution in [0.3, 0.4) is 0 Å². The molecule has 0 aromatic rings. The minimum Gasteiger partial charge on any atom is -0.385 e. The molecule has 0 heterocycles. The molecule has 2 rings (SSSR count). The Morgan fingerprint density at radius 3 is 2.55 bits per heavy atom. The van der Waals surface area contributed by atoms with Gasteiger partial charge in [-0.2, -0.15) is 0 Å². The number of rotatable bonds is 5. The number of carbonyl (C=O) groups excluding carboxylic acids is 2. The lowest BCUT2D eigenvalue weighted by Crippen LogP contribution is -2.51. The molecule has 1 amide bonds. The second-order valence-electron chi connectivity index (χ2n) is 6.76. The number of methoxy groups -OCH3 is 1. The van der Waals surface area contributed by atoms with E-state index in [9.17, 15) is 9.59 Å². The summed E-state index contributed by atoms with van der Waals surface area (Å²) in [6.07, 6.45) is 2.36. The zero-order chi connectivity index (χ0) is 15.2. The van der Waals surface area contributed by atoms with Gasteiger partial charge in [0.1, 0.15) is 0 Å². The summed E-state index contributed by atoms with van der Waals surface area (Å²) in [5.74, 6) is 0.191. The summed E-state index contributed by atoms with van der Waals surface area (Å²) in [7, 11) is 1.65. The zero-order valence-electron chi connectivity index (χ0n) is 12.7. The number of nitrogens with one attached hydrogen (secondary N) is 1. The maximum absolute atomic E-state index is 12.8. The molecule has 0 aromatic heterocycles. The van der Waals surface area contributed by atoms with Crippen molar-refractivity contribution in [1.29, 1.82) is 0 Å². The Hall–Kier alpha value is -0.420. The molecule has 0 aromatic carbocycles. The van der Waals surface area contributed by atoms with E-state index >= 15 is 0 Å². The van der Waals surface area contributed by atoms with Gasteiger partial charge < -0.3 is 10.1 Å². The number of alkyl halides is 1. The standard InChI is InChI=1S/C15H24BrNO3/c1-13(2)14(3)6-7-15(13,10(16)11(14)18)12(19)17-8-5-9-20-4/h10H,5-9H2,1-4H3,(H,17,19)/t10-,14-,15-/m1/s1. The molecular formula is C15H24BrNO3. The van der Waals surface area contributed by atoms with Gasteiger partial charge in [0.2, 0.25) is 5.91 Å². The van der Waals surface area contributed by atoms with Crippen molar-refractivity contribution in [2.75, 3.05) is 20.3 Å². The van der Waals surface area contributed by atoms with E-state index in [1.165, 1.54) is 0 Å². The highest BCUT2D eigenvalue weighted by atomic mass is 79.9. The molecule has 2 aliphatic carbocycles. The van der Waals surface area contributed by atoms with Gasteiger partial charge in [0.25, 0.3) is 0 Å². The second-order valence-corrected chi connectivity index (χ2v) is 7.67. The molecule has 2 bridgehead atoms. The van der Waals surface area contributed by atoms with Gasteiger partial charge >= 0.3 is 0 Å². The van der Waals surface area contributed by atoms with E-state index in [2.05, 4.69) is 35.1 Å². The first-order valence-corrected chi connectivity index (χ1v) is 8.13. The summed E-state index contributed by atoms with van der Waals surface area (Å²) in [6, 6.07) is 0. The summed E-state index contributed by atoms with van der Waals surface area (Å²) < 4.78 is 4.99. The third-order valence-corrected chi connectivity index (χ3v) is 7.13. The largest absolute Gasteiger partial charge is 0.385 e. The number of carbonyl (C=O) groups is 2. The molecule has 0 spiro atoms. The molecule has 2 fully saturated rings. The van der Waals surface area contributed by atoms with Crippen LogP contribution in [0.25, 0.3) is 0 Å². The van der Waals surface area contributed by atoms with E-state index in [1.54, 1.807) is 7.11 Å². The Kier molecular flexibility index (Phi) is 4.06. The number of hydrogen-bond donors (Lipinski definition) is 1. The van der Waals surface area contributed by atoms with Crippen molar-refractivity contribution in [2.24, 2.45) is 16.2 Å². The zero-order valence-corrected chi connectivity index (χ0v) is 14.3. The van der Waals surface area contributed by atoms with Gasteiger partial charge in [-0.1, -0.05) is 36.7 Å². The minimum atomic E-state index is -0.619. The Morgan fingerprint density at radius 2 is 2.05 bits per heavy atom. The van der Waals surface area contributed by atoms with Crippen LogP contribution in [-0.4, -0.2) is 36.8 Å². The maximum Gasteiger partial charge on any atom is 0.228 e. The van der Waals surface area contributed by atoms with Gasteiger partial charge in [0.15, 0.2) is 5.78 Å². The molecule has 3 atom stereocenters. The highest BCUT2D eigenvalue weighted by Gasteiger charge is 2.76. The predicted molar refractivity (Wildman–Crippen MR) is 80.8 cm³/mol. The molecule has 5 heteroatoms. The van der Waals surface area contributed by atoms with Gasteiger partial charge in [0.05, 0.1) is 10.2 Å². The predicted octanol–water partition coefficient (Wildman–Crippen LogP) is 2.30. The van der Waals surface area contributed by atoms with Crippen molar-refractivity contribution >= 4 is 27.6 Å². The van der Waals surface area contributed by atoms with Gasteiger partial charge in [-0.25, -0.2) is 0 Å². The molecule has 20 heavy (non-hydrogen) atoms. The van der Waals surface area contributed by atoms with Gasteiger partial charge in [-0.15, -0.1) is 0 Å². The molecule has 0 unspecified atom stereocenters. The third-order valence-electron chi connectivity index (χ3n) is 5.94. The molecule has 0 saturated heterocycles. The number of amides is 1. The molecule has 0 radical (unpaired) electrons. The van der Waals surface area contributed by atoms with Crippen LogP contribution < -0.4 is 5.32 Å². The van der Waals surface area contributed by atoms with Crippen molar-refractivity contribution in [1.82, 2.24) is 5.32 Å². The van der Waals surface area contributed by atoms with Crippen LogP contribution >= 0.6 is 15.9 Å². The molecule has 2 saturated carbocycles. The van der Waals surface area contributed by atoms with Crippen LogP contribution in [-0.2, 0) is 14.3 Å². The number of ether oxygens (including phenoxy) is 1. The van der Waals surface area contributed by atoms with Crippen LogP contribution in [0.5, 0.6) is 0 Å². The van der Waals surface area contributed by atoms with E-state index in [0.717, 1.165) is 19.3 Å². The van der Waals surface area contributed by atoms with E-state index in [4.69, 9.17) is 4.74 Å². The van der Waals surface area contributed by atoms with E-state index in [1.807, 2.05) is 6.92 Å². The van der Waals surface area contributed by atoms with Crippen LogP contribution in [0.15, 0.2) is 0 Å². The average molecular weight is 346 g/mol. The maximum atomic E-state index is 12.8. The highest BCUT2D eigenvalue weighted by Crippen LogP contribution is 2.72. The minimum absolute atomic E-state index is 0.00931. The normalized spacial score (nSPS) is 38.2. The van der Waals surface area contributed by atoms with E-state index < -0.39 is 10.8 Å². The number of halogens is 1. The summed E-state index contributed by atoms with van der Waals surface area (Å²) in [6.45, 7) is 7.36. The summed E-state index contributed by atoms with van der Waals surface area (Å²) in [5.41, 5.74) is -1.34. The smallest absolute Gasteiger partial charge is 0.228 e. The highest BCUT2D eigenvalue weighted by molar-refractivity contribution is 9.10. The van der Waals surface area contributed by atoms with Crippen molar-refractivity contribution in [3.8, 4) is 0 Å². The first-order valence-electron chi connectivity index (χ1n) is 7.21. The molecule has 2 aliphatic rings. The third kappa shape index (κ3) is 1.75. The van der Waals surface area contributed by atoms with Crippen molar-refractivity contribution < 1.29 is 14.3 Å². The second kappa shape index (κ2) is 5.09. The van der Waals surface area contributed by atoms with Gasteiger partial charge in [-0.3, -0.25) is 9.59 Å². The topological polar surface area (TPSA) is 55.4 Å². The monoisotopic (exact) mass is 345 g/mol. The fraction of sp³-hybridized carbons (Fsp3) is 0.867. The van der Waals surface area contributed by atoms with Crippen molar-refractivity contribution in [2.45, 2.75) is 44.9 Å². The SMILES string of the molecule is COCCCNC(=O)[C@@]12CC[C@](C)(C(=O)[C@H]1Br)C2(C)C. The lowest BCUT2D eigenvalue weighted by molar-refractivity contribution is -0.135. The number of ketones is 1. The van der Waals surface area contributed by atoms with Crippen LogP contribution in [0.4, 0.5) is 0 Å². The van der Waals surface area contributed by atoms with Crippen molar-refractivity contribution in [3.05, 3.63) is 0 Å². The van der Waals surface area contributed by atoms with Crippen LogP contribution in [0.1, 0.15) is 40.0 Å². The lowest BCUT2D eigenvalue weighted by atomic mass is 9.64. The van der Waals surface area contributed by atoms with E-state index in [-0.39, 0.29) is 21.9 Å². The van der Waals surface area contributed by atoms with Gasteiger partial charge in [-0.05, 0) is 24.7 Å². The lowest BCUT2D eigenvalue weighted by Gasteiger charge is -2.39.